The van der Waals surface area contributed by atoms with E-state index in [-0.39, 0.29) is 6.61 Å². The van der Waals surface area contributed by atoms with Crippen LogP contribution in [0.4, 0.5) is 0 Å². The molecule has 0 aromatic heterocycles. The second kappa shape index (κ2) is 10.8. The summed E-state index contributed by atoms with van der Waals surface area (Å²) in [5.74, 6) is 2.87. The predicted molar refractivity (Wildman–Crippen MR) is 108 cm³/mol. The van der Waals surface area contributed by atoms with Gasteiger partial charge in [0.1, 0.15) is 30.0 Å². The van der Waals surface area contributed by atoms with Gasteiger partial charge in [-0.05, 0) is 47.9 Å². The summed E-state index contributed by atoms with van der Waals surface area (Å²) in [5, 5.41) is 10.4. The van der Waals surface area contributed by atoms with Crippen LogP contribution in [-0.4, -0.2) is 50.0 Å². The zero-order chi connectivity index (χ0) is 19.6. The summed E-state index contributed by atoms with van der Waals surface area (Å²) in [5.41, 5.74) is 1.19. The average molecular weight is 373 g/mol. The molecule has 0 amide bonds. The largest absolute Gasteiger partial charge is 0.497 e. The lowest BCUT2D eigenvalue weighted by atomic mass is 10.1. The van der Waals surface area contributed by atoms with Crippen molar-refractivity contribution in [1.82, 2.24) is 4.90 Å². The summed E-state index contributed by atoms with van der Waals surface area (Å²) in [4.78, 5) is 2.26. The van der Waals surface area contributed by atoms with Crippen LogP contribution in [0.15, 0.2) is 48.5 Å². The van der Waals surface area contributed by atoms with Crippen molar-refractivity contribution in [3.63, 3.8) is 0 Å². The lowest BCUT2D eigenvalue weighted by Crippen LogP contribution is -2.37. The Morgan fingerprint density at radius 3 is 1.85 bits per heavy atom. The number of methoxy groups -OCH3 is 2. The fraction of sp³-hybridized carbons (Fsp3) is 0.455. The molecule has 0 fully saturated rings. The summed E-state index contributed by atoms with van der Waals surface area (Å²) in [7, 11) is 3.30. The molecule has 2 aromatic rings. The normalized spacial score (nSPS) is 12.3. The molecule has 0 aliphatic heterocycles. The van der Waals surface area contributed by atoms with Gasteiger partial charge < -0.3 is 19.3 Å². The van der Waals surface area contributed by atoms with E-state index in [1.54, 1.807) is 14.2 Å². The Morgan fingerprint density at radius 1 is 0.815 bits per heavy atom. The van der Waals surface area contributed by atoms with Crippen LogP contribution in [0.2, 0.25) is 0 Å². The molecule has 0 saturated heterocycles. The average Bonchev–Trinajstić information content (AvgIpc) is 2.67. The van der Waals surface area contributed by atoms with Crippen LogP contribution in [0.3, 0.4) is 0 Å². The molecule has 0 spiro atoms. The summed E-state index contributed by atoms with van der Waals surface area (Å²) in [6.07, 6.45) is -0.566. The van der Waals surface area contributed by atoms with E-state index in [0.29, 0.717) is 12.5 Å². The maximum Gasteiger partial charge on any atom is 0.119 e. The van der Waals surface area contributed by atoms with Crippen molar-refractivity contribution in [2.45, 2.75) is 26.5 Å². The van der Waals surface area contributed by atoms with E-state index in [4.69, 9.17) is 14.2 Å². The van der Waals surface area contributed by atoms with Crippen molar-refractivity contribution in [3.05, 3.63) is 54.1 Å². The van der Waals surface area contributed by atoms with Gasteiger partial charge in [-0.25, -0.2) is 0 Å². The highest BCUT2D eigenvalue weighted by molar-refractivity contribution is 5.31. The molecule has 148 valence electrons. The molecule has 1 N–H and O–H groups in total. The summed E-state index contributed by atoms with van der Waals surface area (Å²) in [6.45, 7) is 6.86. The van der Waals surface area contributed by atoms with Crippen LogP contribution in [0.5, 0.6) is 17.2 Å². The third-order valence-electron chi connectivity index (χ3n) is 4.16. The highest BCUT2D eigenvalue weighted by Gasteiger charge is 2.15. The quantitative estimate of drug-likeness (QED) is 0.652. The topological polar surface area (TPSA) is 51.2 Å². The Morgan fingerprint density at radius 2 is 1.33 bits per heavy atom. The Kier molecular flexibility index (Phi) is 8.43. The molecule has 5 nitrogen and oxygen atoms in total. The van der Waals surface area contributed by atoms with E-state index in [1.165, 1.54) is 5.56 Å². The van der Waals surface area contributed by atoms with Gasteiger partial charge in [-0.3, -0.25) is 4.90 Å². The minimum Gasteiger partial charge on any atom is -0.497 e. The molecule has 0 radical (unpaired) electrons. The second-order valence-electron chi connectivity index (χ2n) is 7.08. The molecule has 0 saturated carbocycles. The first-order chi connectivity index (χ1) is 13.0. The molecular formula is C22H31NO4. The predicted octanol–water partition coefficient (Wildman–Crippen LogP) is 3.60. The van der Waals surface area contributed by atoms with Gasteiger partial charge in [0, 0.05) is 19.6 Å². The Hall–Kier alpha value is -2.24. The number of ether oxygens (including phenoxy) is 3. The first-order valence-electron chi connectivity index (χ1n) is 9.30. The maximum atomic E-state index is 10.4. The Balaban J connectivity index is 1.88. The number of aliphatic hydroxyl groups is 1. The molecular weight excluding hydrogens is 342 g/mol. The molecule has 1 atom stereocenters. The van der Waals surface area contributed by atoms with Gasteiger partial charge in [-0.15, -0.1) is 0 Å². The van der Waals surface area contributed by atoms with Crippen LogP contribution in [0.1, 0.15) is 19.4 Å². The Bertz CT molecular complexity index is 655. The van der Waals surface area contributed by atoms with E-state index < -0.39 is 6.10 Å². The third-order valence-corrected chi connectivity index (χ3v) is 4.16. The van der Waals surface area contributed by atoms with Gasteiger partial charge >= 0.3 is 0 Å². The number of rotatable bonds is 11. The molecule has 1 unspecified atom stereocenters. The van der Waals surface area contributed by atoms with Crippen molar-refractivity contribution in [2.24, 2.45) is 5.92 Å². The van der Waals surface area contributed by atoms with Crippen molar-refractivity contribution >= 4 is 0 Å². The molecule has 2 rings (SSSR count). The Labute approximate surface area is 162 Å². The number of nitrogens with zero attached hydrogens (tertiary/aromatic N) is 1. The first kappa shape index (κ1) is 21.1. The number of hydrogen-bond donors (Lipinski definition) is 1. The minimum absolute atomic E-state index is 0.254. The minimum atomic E-state index is -0.566. The van der Waals surface area contributed by atoms with Crippen molar-refractivity contribution < 1.29 is 19.3 Å². The zero-order valence-electron chi connectivity index (χ0n) is 16.7. The number of benzene rings is 2. The van der Waals surface area contributed by atoms with Crippen LogP contribution >= 0.6 is 0 Å². The smallest absolute Gasteiger partial charge is 0.119 e. The van der Waals surface area contributed by atoms with Crippen molar-refractivity contribution in [2.75, 3.05) is 33.9 Å². The molecule has 5 heteroatoms. The third kappa shape index (κ3) is 7.49. The van der Waals surface area contributed by atoms with Gasteiger partial charge in [0.15, 0.2) is 0 Å². The lowest BCUT2D eigenvalue weighted by Gasteiger charge is -2.27. The lowest BCUT2D eigenvalue weighted by molar-refractivity contribution is 0.0615. The van der Waals surface area contributed by atoms with Gasteiger partial charge in [0.05, 0.1) is 14.2 Å². The molecule has 0 aliphatic rings. The summed E-state index contributed by atoms with van der Waals surface area (Å²) in [6, 6.07) is 15.4. The van der Waals surface area contributed by atoms with E-state index in [9.17, 15) is 5.11 Å². The van der Waals surface area contributed by atoms with E-state index in [1.807, 2.05) is 36.4 Å². The van der Waals surface area contributed by atoms with Crippen LogP contribution in [0, 0.1) is 5.92 Å². The monoisotopic (exact) mass is 373 g/mol. The zero-order valence-corrected chi connectivity index (χ0v) is 16.7. The van der Waals surface area contributed by atoms with Crippen molar-refractivity contribution in [1.29, 1.82) is 0 Å². The van der Waals surface area contributed by atoms with Gasteiger partial charge in [0.2, 0.25) is 0 Å². The first-order valence-corrected chi connectivity index (χ1v) is 9.30. The SMILES string of the molecule is COc1ccc(CN(CC(C)C)CC(O)COc2ccc(OC)cc2)cc1. The summed E-state index contributed by atoms with van der Waals surface area (Å²) >= 11 is 0. The van der Waals surface area contributed by atoms with E-state index in [2.05, 4.69) is 30.9 Å². The van der Waals surface area contributed by atoms with Crippen molar-refractivity contribution in [3.8, 4) is 17.2 Å². The standard InChI is InChI=1S/C22H31NO4/c1-17(2)13-23(14-18-5-7-20(25-3)8-6-18)15-19(24)16-27-22-11-9-21(26-4)10-12-22/h5-12,17,19,24H,13-16H2,1-4H3. The summed E-state index contributed by atoms with van der Waals surface area (Å²) < 4.78 is 16.1. The van der Waals surface area contributed by atoms with E-state index >= 15 is 0 Å². The molecule has 2 aromatic carbocycles. The van der Waals surface area contributed by atoms with Crippen LogP contribution < -0.4 is 14.2 Å². The number of aliphatic hydroxyl groups excluding tert-OH is 1. The fourth-order valence-electron chi connectivity index (χ4n) is 2.92. The van der Waals surface area contributed by atoms with Gasteiger partial charge in [-0.1, -0.05) is 26.0 Å². The second-order valence-corrected chi connectivity index (χ2v) is 7.08. The van der Waals surface area contributed by atoms with Crippen LogP contribution in [-0.2, 0) is 6.54 Å². The van der Waals surface area contributed by atoms with E-state index in [0.717, 1.165) is 30.3 Å². The highest BCUT2D eigenvalue weighted by Crippen LogP contribution is 2.18. The highest BCUT2D eigenvalue weighted by atomic mass is 16.5. The molecule has 0 bridgehead atoms. The number of hydrogen-bond acceptors (Lipinski definition) is 5. The van der Waals surface area contributed by atoms with Gasteiger partial charge in [-0.2, -0.15) is 0 Å². The van der Waals surface area contributed by atoms with Crippen LogP contribution in [0.25, 0.3) is 0 Å². The molecule has 27 heavy (non-hydrogen) atoms. The molecule has 0 aliphatic carbocycles. The molecule has 0 heterocycles. The van der Waals surface area contributed by atoms with Gasteiger partial charge in [0.25, 0.3) is 0 Å². The fourth-order valence-corrected chi connectivity index (χ4v) is 2.92. The maximum absolute atomic E-state index is 10.4.